The number of aryl methyl sites for hydroxylation is 2. The molecule has 0 saturated heterocycles. The Kier molecular flexibility index (Phi) is 10.1. The van der Waals surface area contributed by atoms with Gasteiger partial charge in [-0.1, -0.05) is 66.6 Å². The summed E-state index contributed by atoms with van der Waals surface area (Å²) in [5.74, 6) is -0.514. The van der Waals surface area contributed by atoms with Crippen molar-refractivity contribution in [3.63, 3.8) is 0 Å². The molecule has 0 bridgehead atoms. The number of ether oxygens (including phenoxy) is 1. The molecule has 0 unspecified atom stereocenters. The van der Waals surface area contributed by atoms with Gasteiger partial charge in [-0.05, 0) is 57.0 Å². The van der Waals surface area contributed by atoms with Crippen LogP contribution in [0, 0.1) is 13.8 Å². The lowest BCUT2D eigenvalue weighted by Crippen LogP contribution is -2.51. The maximum Gasteiger partial charge on any atom is 0.264 e. The minimum absolute atomic E-state index is 0.0470. The first-order valence-corrected chi connectivity index (χ1v) is 14.4. The predicted molar refractivity (Wildman–Crippen MR) is 153 cm³/mol. The third-order valence-corrected chi connectivity index (χ3v) is 8.17. The van der Waals surface area contributed by atoms with Gasteiger partial charge in [-0.2, -0.15) is 0 Å². The number of rotatable bonds is 12. The van der Waals surface area contributed by atoms with Gasteiger partial charge in [0.25, 0.3) is 10.0 Å². The Morgan fingerprint density at radius 1 is 0.949 bits per heavy atom. The number of hydrogen-bond acceptors (Lipinski definition) is 5. The highest BCUT2D eigenvalue weighted by Gasteiger charge is 2.33. The number of nitrogens with zero attached hydrogens (tertiary/aromatic N) is 2. The molecule has 0 spiro atoms. The van der Waals surface area contributed by atoms with Gasteiger partial charge >= 0.3 is 0 Å². The summed E-state index contributed by atoms with van der Waals surface area (Å²) in [6, 6.07) is 19.9. The van der Waals surface area contributed by atoms with Crippen LogP contribution in [0.5, 0.6) is 5.75 Å². The van der Waals surface area contributed by atoms with E-state index in [4.69, 9.17) is 4.74 Å². The van der Waals surface area contributed by atoms with Gasteiger partial charge in [-0.15, -0.1) is 0 Å². The van der Waals surface area contributed by atoms with E-state index in [0.29, 0.717) is 12.3 Å². The average Bonchev–Trinajstić information content (AvgIpc) is 2.93. The Bertz CT molecular complexity index is 1390. The van der Waals surface area contributed by atoms with E-state index in [9.17, 15) is 18.0 Å². The number of sulfonamides is 1. The van der Waals surface area contributed by atoms with Crippen LogP contribution in [0.3, 0.4) is 0 Å². The monoisotopic (exact) mass is 551 g/mol. The van der Waals surface area contributed by atoms with Crippen molar-refractivity contribution in [3.8, 4) is 5.75 Å². The third kappa shape index (κ3) is 7.38. The fourth-order valence-electron chi connectivity index (χ4n) is 4.17. The first kappa shape index (κ1) is 29.7. The minimum Gasteiger partial charge on any atom is -0.495 e. The van der Waals surface area contributed by atoms with Crippen LogP contribution < -0.4 is 14.4 Å². The molecule has 2 amide bonds. The fraction of sp³-hybridized carbons (Fsp3) is 0.333. The zero-order chi connectivity index (χ0) is 28.6. The molecule has 9 heteroatoms. The largest absolute Gasteiger partial charge is 0.495 e. The molecule has 208 valence electrons. The second-order valence-electron chi connectivity index (χ2n) is 9.47. The molecule has 8 nitrogen and oxygen atoms in total. The molecule has 0 aliphatic carbocycles. The van der Waals surface area contributed by atoms with E-state index in [2.05, 4.69) is 5.32 Å². The molecule has 0 radical (unpaired) electrons. The van der Waals surface area contributed by atoms with Crippen molar-refractivity contribution < 1.29 is 22.7 Å². The topological polar surface area (TPSA) is 96.0 Å². The summed E-state index contributed by atoms with van der Waals surface area (Å²) in [5, 5.41) is 2.84. The summed E-state index contributed by atoms with van der Waals surface area (Å²) in [5.41, 5.74) is 2.99. The quantitative estimate of drug-likeness (QED) is 0.359. The standard InChI is InChI=1S/C30H37N3O5S/c1-6-18-31-30(35)24(4)32(20-25-11-9-10-23(3)19-25)29(34)21-33(27-12-7-8-13-28(27)38-5)39(36,37)26-16-14-22(2)15-17-26/h7-17,19,24H,6,18,20-21H2,1-5H3,(H,31,35)/t24-/m0/s1. The van der Waals surface area contributed by atoms with E-state index in [1.165, 1.54) is 24.1 Å². The van der Waals surface area contributed by atoms with Gasteiger partial charge in [0.1, 0.15) is 18.3 Å². The normalized spacial score (nSPS) is 11.9. The number of nitrogens with one attached hydrogen (secondary N) is 1. The van der Waals surface area contributed by atoms with Crippen LogP contribution in [0.4, 0.5) is 5.69 Å². The molecule has 1 atom stereocenters. The highest BCUT2D eigenvalue weighted by atomic mass is 32.2. The summed E-state index contributed by atoms with van der Waals surface area (Å²) in [7, 11) is -2.72. The van der Waals surface area contributed by atoms with Crippen LogP contribution in [0.1, 0.15) is 37.0 Å². The van der Waals surface area contributed by atoms with Crippen LogP contribution in [0.25, 0.3) is 0 Å². The number of anilines is 1. The summed E-state index contributed by atoms with van der Waals surface area (Å²) < 4.78 is 34.4. The van der Waals surface area contributed by atoms with Crippen molar-refractivity contribution >= 4 is 27.5 Å². The van der Waals surface area contributed by atoms with E-state index < -0.39 is 28.5 Å². The predicted octanol–water partition coefficient (Wildman–Crippen LogP) is 4.45. The van der Waals surface area contributed by atoms with Crippen molar-refractivity contribution in [2.24, 2.45) is 0 Å². The number of carbonyl (C=O) groups excluding carboxylic acids is 2. The number of para-hydroxylation sites is 2. The zero-order valence-electron chi connectivity index (χ0n) is 23.2. The van der Waals surface area contributed by atoms with Crippen LogP contribution in [-0.4, -0.2) is 51.4 Å². The Balaban J connectivity index is 2.06. The lowest BCUT2D eigenvalue weighted by molar-refractivity contribution is -0.139. The van der Waals surface area contributed by atoms with Gasteiger partial charge in [0.15, 0.2) is 0 Å². The van der Waals surface area contributed by atoms with Gasteiger partial charge in [-0.25, -0.2) is 8.42 Å². The Morgan fingerprint density at radius 3 is 2.28 bits per heavy atom. The average molecular weight is 552 g/mol. The highest BCUT2D eigenvalue weighted by Crippen LogP contribution is 2.32. The van der Waals surface area contributed by atoms with E-state index in [0.717, 1.165) is 27.4 Å². The summed E-state index contributed by atoms with van der Waals surface area (Å²) in [6.45, 7) is 7.52. The molecular formula is C30H37N3O5S. The Labute approximate surface area is 231 Å². The molecule has 3 rings (SSSR count). The molecule has 0 aliphatic heterocycles. The second kappa shape index (κ2) is 13.3. The van der Waals surface area contributed by atoms with Crippen LogP contribution in [0.2, 0.25) is 0 Å². The van der Waals surface area contributed by atoms with Crippen molar-refractivity contribution in [3.05, 3.63) is 89.5 Å². The number of hydrogen-bond donors (Lipinski definition) is 1. The smallest absolute Gasteiger partial charge is 0.264 e. The van der Waals surface area contributed by atoms with Crippen molar-refractivity contribution in [1.82, 2.24) is 10.2 Å². The van der Waals surface area contributed by atoms with Crippen molar-refractivity contribution in [2.45, 2.75) is 51.6 Å². The van der Waals surface area contributed by atoms with Gasteiger partial charge in [0.2, 0.25) is 11.8 Å². The third-order valence-electron chi connectivity index (χ3n) is 6.39. The first-order chi connectivity index (χ1) is 18.6. The van der Waals surface area contributed by atoms with E-state index in [-0.39, 0.29) is 23.0 Å². The maximum absolute atomic E-state index is 14.0. The summed E-state index contributed by atoms with van der Waals surface area (Å²) in [6.07, 6.45) is 0.751. The maximum atomic E-state index is 14.0. The Morgan fingerprint density at radius 2 is 1.64 bits per heavy atom. The molecule has 39 heavy (non-hydrogen) atoms. The van der Waals surface area contributed by atoms with Gasteiger partial charge in [0, 0.05) is 13.1 Å². The van der Waals surface area contributed by atoms with Crippen LogP contribution in [0.15, 0.2) is 77.7 Å². The van der Waals surface area contributed by atoms with Crippen molar-refractivity contribution in [1.29, 1.82) is 0 Å². The minimum atomic E-state index is -4.17. The molecule has 0 aliphatic rings. The fourth-order valence-corrected chi connectivity index (χ4v) is 5.60. The summed E-state index contributed by atoms with van der Waals surface area (Å²) >= 11 is 0. The summed E-state index contributed by atoms with van der Waals surface area (Å²) in [4.78, 5) is 28.4. The molecule has 0 fully saturated rings. The van der Waals surface area contributed by atoms with E-state index in [1.54, 1.807) is 43.3 Å². The lowest BCUT2D eigenvalue weighted by atomic mass is 10.1. The molecule has 0 heterocycles. The molecule has 0 saturated carbocycles. The lowest BCUT2D eigenvalue weighted by Gasteiger charge is -2.32. The first-order valence-electron chi connectivity index (χ1n) is 12.9. The number of benzene rings is 3. The van der Waals surface area contributed by atoms with Crippen molar-refractivity contribution in [2.75, 3.05) is 24.5 Å². The zero-order valence-corrected chi connectivity index (χ0v) is 24.0. The number of carbonyl (C=O) groups is 2. The molecule has 0 aromatic heterocycles. The second-order valence-corrected chi connectivity index (χ2v) is 11.3. The number of amides is 2. The number of methoxy groups -OCH3 is 1. The van der Waals surface area contributed by atoms with E-state index >= 15 is 0 Å². The van der Waals surface area contributed by atoms with Gasteiger partial charge in [0.05, 0.1) is 17.7 Å². The molecule has 3 aromatic carbocycles. The van der Waals surface area contributed by atoms with Gasteiger partial charge in [-0.3, -0.25) is 13.9 Å². The molecular weight excluding hydrogens is 514 g/mol. The molecule has 3 aromatic rings. The van der Waals surface area contributed by atoms with Crippen LogP contribution >= 0.6 is 0 Å². The Hall–Kier alpha value is -3.85. The van der Waals surface area contributed by atoms with Gasteiger partial charge < -0.3 is 15.0 Å². The highest BCUT2D eigenvalue weighted by molar-refractivity contribution is 7.92. The molecule has 1 N–H and O–H groups in total. The van der Waals surface area contributed by atoms with Crippen LogP contribution in [-0.2, 0) is 26.2 Å². The SMILES string of the molecule is CCCNC(=O)[C@H](C)N(Cc1cccc(C)c1)C(=O)CN(c1ccccc1OC)S(=O)(=O)c1ccc(C)cc1. The van der Waals surface area contributed by atoms with E-state index in [1.807, 2.05) is 45.0 Å².